The summed E-state index contributed by atoms with van der Waals surface area (Å²) in [7, 11) is 0. The molecule has 0 saturated heterocycles. The standard InChI is InChI=1S/C18H21N5OS2/c1-11-4-7-14(12(2)8-11)20-16-22-23-17(26-16)25-9-15(24)21-18(3,10-19)13-5-6-13/h4,7-8,13H,5-6,9H2,1-3H3,(H,20,22)(H,21,24)/t18-/m0/s1. The highest BCUT2D eigenvalue weighted by atomic mass is 32.2. The Hall–Kier alpha value is -2.11. The van der Waals surface area contributed by atoms with Crippen LogP contribution in [0.25, 0.3) is 0 Å². The van der Waals surface area contributed by atoms with Crippen LogP contribution in [0.2, 0.25) is 0 Å². The number of carbonyl (C=O) groups excluding carboxylic acids is 1. The summed E-state index contributed by atoms with van der Waals surface area (Å²) in [6.07, 6.45) is 2.00. The molecule has 6 nitrogen and oxygen atoms in total. The number of nitrogens with zero attached hydrogens (tertiary/aromatic N) is 3. The number of carbonyl (C=O) groups is 1. The van der Waals surface area contributed by atoms with E-state index in [1.54, 1.807) is 6.92 Å². The smallest absolute Gasteiger partial charge is 0.231 e. The maximum atomic E-state index is 12.2. The number of nitrogens with one attached hydrogen (secondary N) is 2. The zero-order valence-electron chi connectivity index (χ0n) is 15.0. The highest BCUT2D eigenvalue weighted by molar-refractivity contribution is 8.01. The van der Waals surface area contributed by atoms with E-state index in [2.05, 4.69) is 39.9 Å². The summed E-state index contributed by atoms with van der Waals surface area (Å²) in [6, 6.07) is 8.40. The predicted octanol–water partition coefficient (Wildman–Crippen LogP) is 3.80. The van der Waals surface area contributed by atoms with Crippen LogP contribution < -0.4 is 10.6 Å². The summed E-state index contributed by atoms with van der Waals surface area (Å²) in [5.74, 6) is 0.351. The number of rotatable bonds is 7. The third-order valence-electron chi connectivity index (χ3n) is 4.38. The third kappa shape index (κ3) is 4.54. The van der Waals surface area contributed by atoms with E-state index in [0.717, 1.165) is 28.4 Å². The topological polar surface area (TPSA) is 90.7 Å². The molecular weight excluding hydrogens is 366 g/mol. The second-order valence-electron chi connectivity index (χ2n) is 6.74. The molecule has 1 amide bonds. The van der Waals surface area contributed by atoms with Gasteiger partial charge in [0.1, 0.15) is 5.54 Å². The molecule has 1 heterocycles. The average Bonchev–Trinajstić information content (AvgIpc) is 3.37. The summed E-state index contributed by atoms with van der Waals surface area (Å²) in [5.41, 5.74) is 2.59. The molecule has 1 atom stereocenters. The normalized spacial score (nSPS) is 15.8. The van der Waals surface area contributed by atoms with E-state index >= 15 is 0 Å². The second-order valence-corrected chi connectivity index (χ2v) is 8.94. The fraction of sp³-hybridized carbons (Fsp3) is 0.444. The molecule has 136 valence electrons. The van der Waals surface area contributed by atoms with E-state index < -0.39 is 5.54 Å². The number of amides is 1. The summed E-state index contributed by atoms with van der Waals surface area (Å²) in [5, 5.41) is 24.4. The highest BCUT2D eigenvalue weighted by Crippen LogP contribution is 2.39. The molecule has 26 heavy (non-hydrogen) atoms. The molecule has 0 unspecified atom stereocenters. The lowest BCUT2D eigenvalue weighted by Crippen LogP contribution is -2.47. The lowest BCUT2D eigenvalue weighted by Gasteiger charge is -2.22. The van der Waals surface area contributed by atoms with Gasteiger partial charge in [0.05, 0.1) is 11.8 Å². The van der Waals surface area contributed by atoms with Crippen LogP contribution in [0, 0.1) is 31.1 Å². The Kier molecular flexibility index (Phi) is 5.49. The number of hydrogen-bond donors (Lipinski definition) is 2. The Morgan fingerprint density at radius 1 is 1.42 bits per heavy atom. The van der Waals surface area contributed by atoms with Crippen LogP contribution in [0.1, 0.15) is 30.9 Å². The molecule has 1 aliphatic rings. The minimum Gasteiger partial charge on any atom is -0.337 e. The first-order chi connectivity index (χ1) is 12.4. The van der Waals surface area contributed by atoms with Crippen molar-refractivity contribution in [3.05, 3.63) is 29.3 Å². The number of hydrogen-bond acceptors (Lipinski definition) is 7. The van der Waals surface area contributed by atoms with Gasteiger partial charge in [0.2, 0.25) is 11.0 Å². The van der Waals surface area contributed by atoms with Crippen molar-refractivity contribution in [3.8, 4) is 6.07 Å². The summed E-state index contributed by atoms with van der Waals surface area (Å²) in [6.45, 7) is 5.90. The maximum absolute atomic E-state index is 12.2. The molecule has 1 aromatic carbocycles. The first-order valence-corrected chi connectivity index (χ1v) is 10.2. The lowest BCUT2D eigenvalue weighted by atomic mass is 9.98. The van der Waals surface area contributed by atoms with Gasteiger partial charge in [-0.2, -0.15) is 5.26 Å². The van der Waals surface area contributed by atoms with E-state index in [0.29, 0.717) is 5.13 Å². The van der Waals surface area contributed by atoms with Crippen LogP contribution in [0.15, 0.2) is 22.5 Å². The van der Waals surface area contributed by atoms with Crippen molar-refractivity contribution in [1.29, 1.82) is 5.26 Å². The molecule has 1 aromatic heterocycles. The predicted molar refractivity (Wildman–Crippen MR) is 105 cm³/mol. The fourth-order valence-corrected chi connectivity index (χ4v) is 4.29. The van der Waals surface area contributed by atoms with Crippen LogP contribution >= 0.6 is 23.1 Å². The molecule has 3 rings (SSSR count). The molecule has 2 aromatic rings. The monoisotopic (exact) mass is 387 g/mol. The van der Waals surface area contributed by atoms with Crippen molar-refractivity contribution in [3.63, 3.8) is 0 Å². The Balaban J connectivity index is 1.53. The van der Waals surface area contributed by atoms with Crippen molar-refractivity contribution in [1.82, 2.24) is 15.5 Å². The van der Waals surface area contributed by atoms with Crippen LogP contribution in [0.4, 0.5) is 10.8 Å². The van der Waals surface area contributed by atoms with E-state index in [4.69, 9.17) is 0 Å². The Bertz CT molecular complexity index is 856. The molecule has 0 radical (unpaired) electrons. The lowest BCUT2D eigenvalue weighted by molar-refractivity contribution is -0.119. The van der Waals surface area contributed by atoms with Crippen LogP contribution in [-0.4, -0.2) is 27.4 Å². The zero-order chi connectivity index (χ0) is 18.7. The van der Waals surface area contributed by atoms with E-state index in [-0.39, 0.29) is 17.6 Å². The second kappa shape index (κ2) is 7.64. The Morgan fingerprint density at radius 3 is 2.85 bits per heavy atom. The minimum absolute atomic E-state index is 0.148. The van der Waals surface area contributed by atoms with Crippen molar-refractivity contribution < 1.29 is 4.79 Å². The van der Waals surface area contributed by atoms with Gasteiger partial charge in [-0.15, -0.1) is 10.2 Å². The van der Waals surface area contributed by atoms with Crippen LogP contribution in [-0.2, 0) is 4.79 Å². The molecule has 1 fully saturated rings. The number of anilines is 2. The number of aromatic nitrogens is 2. The van der Waals surface area contributed by atoms with Crippen molar-refractivity contribution in [2.75, 3.05) is 11.1 Å². The fourth-order valence-electron chi connectivity index (χ4n) is 2.72. The molecular formula is C18H21N5OS2. The van der Waals surface area contributed by atoms with Gasteiger partial charge in [-0.1, -0.05) is 40.8 Å². The third-order valence-corrected chi connectivity index (χ3v) is 6.35. The number of nitriles is 1. The van der Waals surface area contributed by atoms with Crippen LogP contribution in [0.5, 0.6) is 0 Å². The number of thioether (sulfide) groups is 1. The van der Waals surface area contributed by atoms with Gasteiger partial charge in [0.25, 0.3) is 0 Å². The summed E-state index contributed by atoms with van der Waals surface area (Å²) in [4.78, 5) is 12.2. The van der Waals surface area contributed by atoms with Gasteiger partial charge in [-0.3, -0.25) is 4.79 Å². The molecule has 8 heteroatoms. The highest BCUT2D eigenvalue weighted by Gasteiger charge is 2.42. The molecule has 1 saturated carbocycles. The first kappa shape index (κ1) is 18.7. The number of benzene rings is 1. The van der Waals surface area contributed by atoms with Gasteiger partial charge in [0.15, 0.2) is 4.34 Å². The zero-order valence-corrected chi connectivity index (χ0v) is 16.6. The van der Waals surface area contributed by atoms with E-state index in [1.165, 1.54) is 28.7 Å². The minimum atomic E-state index is -0.756. The molecule has 0 aliphatic heterocycles. The molecule has 0 bridgehead atoms. The van der Waals surface area contributed by atoms with Crippen molar-refractivity contribution >= 4 is 39.8 Å². The van der Waals surface area contributed by atoms with E-state index in [1.807, 2.05) is 19.1 Å². The maximum Gasteiger partial charge on any atom is 0.231 e. The molecule has 0 spiro atoms. The SMILES string of the molecule is Cc1ccc(Nc2nnc(SCC(=O)N[C@@](C)(C#N)C3CC3)s2)c(C)c1. The average molecular weight is 388 g/mol. The van der Waals surface area contributed by atoms with Crippen LogP contribution in [0.3, 0.4) is 0 Å². The Morgan fingerprint density at radius 2 is 2.19 bits per heavy atom. The summed E-state index contributed by atoms with van der Waals surface area (Å²) < 4.78 is 0.720. The van der Waals surface area contributed by atoms with Gasteiger partial charge < -0.3 is 10.6 Å². The first-order valence-electron chi connectivity index (χ1n) is 8.42. The quantitative estimate of drug-likeness (QED) is 0.702. The number of aryl methyl sites for hydroxylation is 2. The van der Waals surface area contributed by atoms with Crippen molar-refractivity contribution in [2.24, 2.45) is 5.92 Å². The Labute approximate surface area is 161 Å². The van der Waals surface area contributed by atoms with Gasteiger partial charge in [-0.25, -0.2) is 0 Å². The van der Waals surface area contributed by atoms with Gasteiger partial charge in [-0.05, 0) is 51.2 Å². The van der Waals surface area contributed by atoms with Gasteiger partial charge in [0, 0.05) is 5.69 Å². The van der Waals surface area contributed by atoms with E-state index in [9.17, 15) is 10.1 Å². The summed E-state index contributed by atoms with van der Waals surface area (Å²) >= 11 is 2.74. The molecule has 1 aliphatic carbocycles. The largest absolute Gasteiger partial charge is 0.337 e. The van der Waals surface area contributed by atoms with Gasteiger partial charge >= 0.3 is 0 Å². The van der Waals surface area contributed by atoms with Crippen molar-refractivity contribution in [2.45, 2.75) is 43.5 Å². The molecule has 2 N–H and O–H groups in total.